The van der Waals surface area contributed by atoms with Gasteiger partial charge >= 0.3 is 0 Å². The second kappa shape index (κ2) is 6.27. The summed E-state index contributed by atoms with van der Waals surface area (Å²) in [7, 11) is 1.89. The van der Waals surface area contributed by atoms with Gasteiger partial charge in [-0.15, -0.1) is 0 Å². The molecular weight excluding hydrogens is 248 g/mol. The Morgan fingerprint density at radius 1 is 1.40 bits per heavy atom. The molecular formula is C16H26N4. The van der Waals surface area contributed by atoms with Crippen LogP contribution < -0.4 is 10.2 Å². The average molecular weight is 274 g/mol. The third-order valence-electron chi connectivity index (χ3n) is 4.19. The molecule has 2 heterocycles. The van der Waals surface area contributed by atoms with Gasteiger partial charge in [-0.25, -0.2) is 4.98 Å². The highest BCUT2D eigenvalue weighted by Gasteiger charge is 2.28. The van der Waals surface area contributed by atoms with Crippen LogP contribution in [0.25, 0.3) is 6.08 Å². The fourth-order valence-electron chi connectivity index (χ4n) is 3.20. The highest BCUT2D eigenvalue weighted by Crippen LogP contribution is 2.25. The van der Waals surface area contributed by atoms with Crippen molar-refractivity contribution in [2.45, 2.75) is 32.9 Å². The molecule has 110 valence electrons. The lowest BCUT2D eigenvalue weighted by Crippen LogP contribution is -2.56. The van der Waals surface area contributed by atoms with E-state index >= 15 is 0 Å². The van der Waals surface area contributed by atoms with Crippen molar-refractivity contribution in [2.75, 3.05) is 36.9 Å². The van der Waals surface area contributed by atoms with Crippen molar-refractivity contribution >= 4 is 17.6 Å². The van der Waals surface area contributed by atoms with Crippen molar-refractivity contribution in [3.8, 4) is 0 Å². The van der Waals surface area contributed by atoms with Crippen LogP contribution in [0.2, 0.25) is 0 Å². The van der Waals surface area contributed by atoms with Crippen LogP contribution in [0.4, 0.5) is 11.5 Å². The predicted octanol–water partition coefficient (Wildman–Crippen LogP) is 2.69. The van der Waals surface area contributed by atoms with Gasteiger partial charge in [-0.1, -0.05) is 19.6 Å². The smallest absolute Gasteiger partial charge is 0.133 e. The number of piperazine rings is 1. The zero-order chi connectivity index (χ0) is 14.7. The maximum absolute atomic E-state index is 4.49. The fourth-order valence-corrected chi connectivity index (χ4v) is 3.20. The number of aromatic nitrogens is 1. The van der Waals surface area contributed by atoms with Crippen molar-refractivity contribution in [1.82, 2.24) is 9.88 Å². The van der Waals surface area contributed by atoms with E-state index in [4.69, 9.17) is 0 Å². The van der Waals surface area contributed by atoms with E-state index in [1.807, 2.05) is 19.3 Å². The Kier molecular flexibility index (Phi) is 4.65. The number of hydrogen-bond acceptors (Lipinski definition) is 4. The molecule has 1 aromatic heterocycles. The Hall–Kier alpha value is -1.55. The van der Waals surface area contributed by atoms with Crippen molar-refractivity contribution in [1.29, 1.82) is 0 Å². The van der Waals surface area contributed by atoms with Crippen molar-refractivity contribution in [2.24, 2.45) is 0 Å². The van der Waals surface area contributed by atoms with Crippen LogP contribution in [0.1, 0.15) is 26.3 Å². The molecule has 2 atom stereocenters. The predicted molar refractivity (Wildman–Crippen MR) is 87.4 cm³/mol. The third-order valence-corrected chi connectivity index (χ3v) is 4.19. The van der Waals surface area contributed by atoms with Crippen molar-refractivity contribution < 1.29 is 0 Å². The molecule has 0 spiro atoms. The Labute approximate surface area is 122 Å². The van der Waals surface area contributed by atoms with Gasteiger partial charge in [-0.3, -0.25) is 4.90 Å². The summed E-state index contributed by atoms with van der Waals surface area (Å²) >= 11 is 0. The molecule has 20 heavy (non-hydrogen) atoms. The average Bonchev–Trinajstić information content (AvgIpc) is 2.46. The summed E-state index contributed by atoms with van der Waals surface area (Å²) < 4.78 is 0. The molecule has 0 radical (unpaired) electrons. The zero-order valence-electron chi connectivity index (χ0n) is 13.1. The summed E-state index contributed by atoms with van der Waals surface area (Å²) in [5.74, 6) is 0.886. The maximum Gasteiger partial charge on any atom is 0.133 e. The molecule has 1 aliphatic rings. The second-order valence-corrected chi connectivity index (χ2v) is 5.52. The van der Waals surface area contributed by atoms with Crippen LogP contribution in [0.3, 0.4) is 0 Å². The van der Waals surface area contributed by atoms with Crippen LogP contribution in [-0.2, 0) is 0 Å². The van der Waals surface area contributed by atoms with E-state index in [0.717, 1.165) is 31.0 Å². The van der Waals surface area contributed by atoms with Crippen LogP contribution >= 0.6 is 0 Å². The van der Waals surface area contributed by atoms with Gasteiger partial charge in [0.1, 0.15) is 5.82 Å². The Balaban J connectivity index is 2.22. The highest BCUT2D eigenvalue weighted by molar-refractivity contribution is 5.66. The molecule has 1 aliphatic heterocycles. The van der Waals surface area contributed by atoms with Gasteiger partial charge in [-0.05, 0) is 26.5 Å². The lowest BCUT2D eigenvalue weighted by atomic mass is 10.1. The first kappa shape index (κ1) is 14.9. The first-order chi connectivity index (χ1) is 9.60. The minimum atomic E-state index is 0.569. The number of nitrogens with one attached hydrogen (secondary N) is 1. The standard InChI is InChI=1S/C16H26N4/c1-6-14-8-15(9-18-16(14)17-5)19-10-12(3)20(7-2)13(4)11-19/h6,8-9,12-13H,1,7,10-11H2,2-5H3,(H,17,18). The van der Waals surface area contributed by atoms with E-state index in [9.17, 15) is 0 Å². The molecule has 1 fully saturated rings. The van der Waals surface area contributed by atoms with Crippen LogP contribution in [-0.4, -0.2) is 48.6 Å². The van der Waals surface area contributed by atoms with Crippen molar-refractivity contribution in [3.05, 3.63) is 24.4 Å². The van der Waals surface area contributed by atoms with Gasteiger partial charge in [0.15, 0.2) is 0 Å². The molecule has 4 nitrogen and oxygen atoms in total. The molecule has 1 saturated heterocycles. The number of rotatable bonds is 4. The van der Waals surface area contributed by atoms with E-state index in [0.29, 0.717) is 12.1 Å². The summed E-state index contributed by atoms with van der Waals surface area (Å²) in [6.07, 6.45) is 3.82. The van der Waals surface area contributed by atoms with Gasteiger partial charge in [0, 0.05) is 37.8 Å². The molecule has 2 rings (SSSR count). The van der Waals surface area contributed by atoms with Gasteiger partial charge in [0.25, 0.3) is 0 Å². The number of pyridine rings is 1. The van der Waals surface area contributed by atoms with Gasteiger partial charge in [0.05, 0.1) is 11.9 Å². The summed E-state index contributed by atoms with van der Waals surface area (Å²) in [5, 5.41) is 3.10. The Morgan fingerprint density at radius 2 is 2.05 bits per heavy atom. The van der Waals surface area contributed by atoms with Crippen molar-refractivity contribution in [3.63, 3.8) is 0 Å². The normalized spacial score (nSPS) is 23.7. The quantitative estimate of drug-likeness (QED) is 0.914. The Morgan fingerprint density at radius 3 is 2.55 bits per heavy atom. The van der Waals surface area contributed by atoms with Crippen LogP contribution in [0.5, 0.6) is 0 Å². The Bertz CT molecular complexity index is 460. The van der Waals surface area contributed by atoms with Gasteiger partial charge < -0.3 is 10.2 Å². The number of likely N-dealkylation sites (N-methyl/N-ethyl adjacent to an activating group) is 1. The summed E-state index contributed by atoms with van der Waals surface area (Å²) in [6.45, 7) is 13.9. The molecule has 0 amide bonds. The van der Waals surface area contributed by atoms with Crippen LogP contribution in [0, 0.1) is 0 Å². The minimum Gasteiger partial charge on any atom is -0.373 e. The molecule has 1 N–H and O–H groups in total. The lowest BCUT2D eigenvalue weighted by Gasteiger charge is -2.45. The van der Waals surface area contributed by atoms with E-state index < -0.39 is 0 Å². The molecule has 4 heteroatoms. The molecule has 0 aliphatic carbocycles. The summed E-state index contributed by atoms with van der Waals surface area (Å²) in [5.41, 5.74) is 2.25. The summed E-state index contributed by atoms with van der Waals surface area (Å²) in [6, 6.07) is 3.31. The van der Waals surface area contributed by atoms with Gasteiger partial charge in [0.2, 0.25) is 0 Å². The monoisotopic (exact) mass is 274 g/mol. The molecule has 0 bridgehead atoms. The SMILES string of the molecule is C=Cc1cc(N2CC(C)N(CC)C(C)C2)cnc1NC. The maximum atomic E-state index is 4.49. The van der Waals surface area contributed by atoms with E-state index in [1.165, 1.54) is 5.69 Å². The molecule has 0 aromatic carbocycles. The number of nitrogens with zero attached hydrogens (tertiary/aromatic N) is 3. The number of anilines is 2. The van der Waals surface area contributed by atoms with E-state index in [-0.39, 0.29) is 0 Å². The highest BCUT2D eigenvalue weighted by atomic mass is 15.3. The largest absolute Gasteiger partial charge is 0.373 e. The minimum absolute atomic E-state index is 0.569. The van der Waals surface area contributed by atoms with Gasteiger partial charge in [-0.2, -0.15) is 0 Å². The molecule has 2 unspecified atom stereocenters. The van der Waals surface area contributed by atoms with E-state index in [2.05, 4.69) is 53.5 Å². The first-order valence-corrected chi connectivity index (χ1v) is 7.41. The summed E-state index contributed by atoms with van der Waals surface area (Å²) in [4.78, 5) is 9.48. The second-order valence-electron chi connectivity index (χ2n) is 5.52. The topological polar surface area (TPSA) is 31.4 Å². The third kappa shape index (κ3) is 2.80. The van der Waals surface area contributed by atoms with E-state index in [1.54, 1.807) is 0 Å². The number of hydrogen-bond donors (Lipinski definition) is 1. The molecule has 0 saturated carbocycles. The first-order valence-electron chi connectivity index (χ1n) is 7.41. The zero-order valence-corrected chi connectivity index (χ0v) is 13.1. The molecule has 1 aromatic rings. The van der Waals surface area contributed by atoms with Crippen LogP contribution in [0.15, 0.2) is 18.8 Å². The fraction of sp³-hybridized carbons (Fsp3) is 0.562. The lowest BCUT2D eigenvalue weighted by molar-refractivity contribution is 0.140.